The zero-order valence-electron chi connectivity index (χ0n) is 11.1. The lowest BCUT2D eigenvalue weighted by Crippen LogP contribution is -2.39. The number of aliphatic hydroxyl groups excluding tert-OH is 1. The van der Waals surface area contributed by atoms with E-state index < -0.39 is 0 Å². The molecular formula is C15H20N2O2. The van der Waals surface area contributed by atoms with Gasteiger partial charge in [-0.05, 0) is 49.6 Å². The highest BCUT2D eigenvalue weighted by Gasteiger charge is 2.18. The highest BCUT2D eigenvalue weighted by atomic mass is 16.5. The first-order chi connectivity index (χ1) is 9.31. The molecular weight excluding hydrogens is 240 g/mol. The van der Waals surface area contributed by atoms with Gasteiger partial charge in [0.05, 0.1) is 11.6 Å². The van der Waals surface area contributed by atoms with Crippen molar-refractivity contribution in [3.63, 3.8) is 0 Å². The molecule has 0 aliphatic carbocycles. The minimum atomic E-state index is 0.285. The van der Waals surface area contributed by atoms with Gasteiger partial charge in [0.2, 0.25) is 0 Å². The number of hydrogen-bond acceptors (Lipinski definition) is 4. The van der Waals surface area contributed by atoms with E-state index in [4.69, 9.17) is 10.00 Å². The quantitative estimate of drug-likeness (QED) is 0.874. The van der Waals surface area contributed by atoms with Crippen LogP contribution in [0.15, 0.2) is 24.3 Å². The number of nitriles is 1. The van der Waals surface area contributed by atoms with Crippen molar-refractivity contribution in [1.29, 1.82) is 5.26 Å². The summed E-state index contributed by atoms with van der Waals surface area (Å²) in [7, 11) is 0. The Balaban J connectivity index is 1.72. The predicted molar refractivity (Wildman–Crippen MR) is 72.9 cm³/mol. The van der Waals surface area contributed by atoms with Crippen molar-refractivity contribution in [1.82, 2.24) is 4.90 Å². The topological polar surface area (TPSA) is 56.5 Å². The zero-order chi connectivity index (χ0) is 13.5. The van der Waals surface area contributed by atoms with Crippen LogP contribution in [-0.4, -0.2) is 42.9 Å². The summed E-state index contributed by atoms with van der Waals surface area (Å²) in [4.78, 5) is 2.34. The van der Waals surface area contributed by atoms with Gasteiger partial charge >= 0.3 is 0 Å². The standard InChI is InChI=1S/C15H20N2O2/c16-10-13-3-5-15(6-4-13)19-9-8-17-7-1-2-14(11-17)12-18/h3-6,14,18H,1-2,7-9,11-12H2. The third-order valence-corrected chi connectivity index (χ3v) is 3.52. The first kappa shape index (κ1) is 13.9. The Morgan fingerprint density at radius 2 is 2.16 bits per heavy atom. The number of aliphatic hydroxyl groups is 1. The molecule has 0 aromatic heterocycles. The molecule has 0 bridgehead atoms. The van der Waals surface area contributed by atoms with Crippen LogP contribution >= 0.6 is 0 Å². The number of piperidine rings is 1. The summed E-state index contributed by atoms with van der Waals surface area (Å²) in [5, 5.41) is 17.9. The number of likely N-dealkylation sites (tertiary alicyclic amines) is 1. The largest absolute Gasteiger partial charge is 0.492 e. The second-order valence-electron chi connectivity index (χ2n) is 4.98. The normalized spacial score (nSPS) is 19.9. The summed E-state index contributed by atoms with van der Waals surface area (Å²) in [6, 6.07) is 9.26. The van der Waals surface area contributed by atoms with Gasteiger partial charge in [0.15, 0.2) is 0 Å². The number of hydrogen-bond donors (Lipinski definition) is 1. The molecule has 1 aromatic carbocycles. The maximum Gasteiger partial charge on any atom is 0.119 e. The average Bonchev–Trinajstić information content (AvgIpc) is 2.48. The van der Waals surface area contributed by atoms with Gasteiger partial charge in [-0.25, -0.2) is 0 Å². The lowest BCUT2D eigenvalue weighted by atomic mass is 9.99. The van der Waals surface area contributed by atoms with Crippen molar-refractivity contribution in [2.24, 2.45) is 5.92 Å². The molecule has 1 unspecified atom stereocenters. The van der Waals surface area contributed by atoms with Crippen LogP contribution in [0.2, 0.25) is 0 Å². The average molecular weight is 260 g/mol. The van der Waals surface area contributed by atoms with Crippen LogP contribution in [0.3, 0.4) is 0 Å². The van der Waals surface area contributed by atoms with Crippen LogP contribution in [0.5, 0.6) is 5.75 Å². The monoisotopic (exact) mass is 260 g/mol. The third kappa shape index (κ3) is 4.23. The molecule has 1 aliphatic rings. The van der Waals surface area contributed by atoms with Gasteiger partial charge in [-0.15, -0.1) is 0 Å². The van der Waals surface area contributed by atoms with E-state index in [2.05, 4.69) is 11.0 Å². The molecule has 0 saturated carbocycles. The van der Waals surface area contributed by atoms with Crippen LogP contribution in [0, 0.1) is 17.2 Å². The van der Waals surface area contributed by atoms with E-state index in [0.29, 0.717) is 18.1 Å². The molecule has 102 valence electrons. The maximum absolute atomic E-state index is 9.18. The lowest BCUT2D eigenvalue weighted by Gasteiger charge is -2.31. The van der Waals surface area contributed by atoms with Crippen LogP contribution in [0.4, 0.5) is 0 Å². The zero-order valence-corrected chi connectivity index (χ0v) is 11.1. The van der Waals surface area contributed by atoms with Gasteiger partial charge in [-0.2, -0.15) is 5.26 Å². The van der Waals surface area contributed by atoms with Crippen molar-refractivity contribution in [3.05, 3.63) is 29.8 Å². The Labute approximate surface area is 114 Å². The second kappa shape index (κ2) is 7.13. The molecule has 4 heteroatoms. The summed E-state index contributed by atoms with van der Waals surface area (Å²) >= 11 is 0. The summed E-state index contributed by atoms with van der Waals surface area (Å²) in [5.74, 6) is 1.22. The second-order valence-corrected chi connectivity index (χ2v) is 4.98. The highest BCUT2D eigenvalue weighted by Crippen LogP contribution is 2.16. The van der Waals surface area contributed by atoms with E-state index in [1.54, 1.807) is 12.1 Å². The van der Waals surface area contributed by atoms with Crippen molar-refractivity contribution in [2.45, 2.75) is 12.8 Å². The van der Waals surface area contributed by atoms with E-state index in [9.17, 15) is 5.11 Å². The van der Waals surface area contributed by atoms with Gasteiger partial charge in [-0.1, -0.05) is 0 Å². The SMILES string of the molecule is N#Cc1ccc(OCCN2CCCC(CO)C2)cc1. The molecule has 1 saturated heterocycles. The van der Waals surface area contributed by atoms with Crippen molar-refractivity contribution in [3.8, 4) is 11.8 Å². The fourth-order valence-corrected chi connectivity index (χ4v) is 2.42. The first-order valence-corrected chi connectivity index (χ1v) is 6.78. The van der Waals surface area contributed by atoms with E-state index in [-0.39, 0.29) is 6.61 Å². The molecule has 1 N–H and O–H groups in total. The molecule has 19 heavy (non-hydrogen) atoms. The number of ether oxygens (including phenoxy) is 1. The van der Waals surface area contributed by atoms with Gasteiger partial charge in [-0.3, -0.25) is 4.90 Å². The Bertz CT molecular complexity index is 425. The molecule has 1 aliphatic heterocycles. The summed E-state index contributed by atoms with van der Waals surface area (Å²) in [5.41, 5.74) is 0.647. The minimum Gasteiger partial charge on any atom is -0.492 e. The van der Waals surface area contributed by atoms with Crippen LogP contribution in [-0.2, 0) is 0 Å². The molecule has 0 radical (unpaired) electrons. The molecule has 1 aromatic rings. The molecule has 2 rings (SSSR count). The molecule has 1 fully saturated rings. The fourth-order valence-electron chi connectivity index (χ4n) is 2.42. The molecule has 1 heterocycles. The Morgan fingerprint density at radius 1 is 1.37 bits per heavy atom. The summed E-state index contributed by atoms with van der Waals surface area (Å²) < 4.78 is 5.66. The van der Waals surface area contributed by atoms with Crippen molar-refractivity contribution in [2.75, 3.05) is 32.8 Å². The molecule has 0 amide bonds. The molecule has 4 nitrogen and oxygen atoms in total. The van der Waals surface area contributed by atoms with E-state index in [1.807, 2.05) is 12.1 Å². The van der Waals surface area contributed by atoms with Crippen LogP contribution in [0.1, 0.15) is 18.4 Å². The lowest BCUT2D eigenvalue weighted by molar-refractivity contribution is 0.107. The summed E-state index contributed by atoms with van der Waals surface area (Å²) in [6.07, 6.45) is 2.28. The first-order valence-electron chi connectivity index (χ1n) is 6.78. The van der Waals surface area contributed by atoms with Gasteiger partial charge in [0.25, 0.3) is 0 Å². The molecule has 1 atom stereocenters. The molecule has 0 spiro atoms. The maximum atomic E-state index is 9.18. The Morgan fingerprint density at radius 3 is 2.84 bits per heavy atom. The minimum absolute atomic E-state index is 0.285. The van der Waals surface area contributed by atoms with Gasteiger partial charge < -0.3 is 9.84 Å². The summed E-state index contributed by atoms with van der Waals surface area (Å²) in [6.45, 7) is 3.87. The Hall–Kier alpha value is -1.57. The van der Waals surface area contributed by atoms with Gasteiger partial charge in [0, 0.05) is 19.7 Å². The highest BCUT2D eigenvalue weighted by molar-refractivity contribution is 5.34. The van der Waals surface area contributed by atoms with E-state index in [0.717, 1.165) is 38.2 Å². The van der Waals surface area contributed by atoms with E-state index in [1.165, 1.54) is 0 Å². The Kier molecular flexibility index (Phi) is 5.20. The van der Waals surface area contributed by atoms with Crippen LogP contribution < -0.4 is 4.74 Å². The smallest absolute Gasteiger partial charge is 0.119 e. The number of benzene rings is 1. The van der Waals surface area contributed by atoms with Gasteiger partial charge in [0.1, 0.15) is 12.4 Å². The third-order valence-electron chi connectivity index (χ3n) is 3.52. The number of nitrogens with zero attached hydrogens (tertiary/aromatic N) is 2. The van der Waals surface area contributed by atoms with Crippen molar-refractivity contribution >= 4 is 0 Å². The van der Waals surface area contributed by atoms with Crippen LogP contribution in [0.25, 0.3) is 0 Å². The number of rotatable bonds is 5. The van der Waals surface area contributed by atoms with Crippen molar-refractivity contribution < 1.29 is 9.84 Å². The van der Waals surface area contributed by atoms with E-state index >= 15 is 0 Å². The predicted octanol–water partition coefficient (Wildman–Crippen LogP) is 1.64. The fraction of sp³-hybridized carbons (Fsp3) is 0.533.